The summed E-state index contributed by atoms with van der Waals surface area (Å²) in [6.07, 6.45) is -5.17. The van der Waals surface area contributed by atoms with Gasteiger partial charge in [-0.05, 0) is 0 Å². The summed E-state index contributed by atoms with van der Waals surface area (Å²) in [5, 5.41) is 26.1. The lowest BCUT2D eigenvalue weighted by atomic mass is 10.0. The predicted octanol–water partition coefficient (Wildman–Crippen LogP) is -3.11. The number of hydrogen-bond donors (Lipinski definition) is 4. The molecule has 1 saturated heterocycles. The van der Waals surface area contributed by atoms with E-state index >= 15 is 0 Å². The monoisotopic (exact) mass is 287 g/mol. The minimum absolute atomic E-state index is 0.0296. The third-order valence-electron chi connectivity index (χ3n) is 3.53. The number of alkyl halides is 1. The molecule has 3 aliphatic rings. The number of aliphatic hydroxyl groups is 2. The number of nitrogens with zero attached hydrogens (tertiary/aromatic N) is 3. The largest absolute Gasteiger partial charge is 0.394 e. The van der Waals surface area contributed by atoms with Gasteiger partial charge in [-0.15, -0.1) is 5.10 Å². The minimum Gasteiger partial charge on any atom is -0.394 e. The molecule has 9 nitrogen and oxygen atoms in total. The molecule has 3 rings (SSSR count). The molecule has 1 unspecified atom stereocenters. The first-order valence-electron chi connectivity index (χ1n) is 6.10. The van der Waals surface area contributed by atoms with Gasteiger partial charge in [-0.1, -0.05) is 0 Å². The molecule has 3 heterocycles. The van der Waals surface area contributed by atoms with Gasteiger partial charge in [-0.2, -0.15) is 0 Å². The summed E-state index contributed by atoms with van der Waals surface area (Å²) in [6, 6.07) is -0.684. The molecule has 1 fully saturated rings. The third-order valence-corrected chi connectivity index (χ3v) is 3.53. The van der Waals surface area contributed by atoms with E-state index in [-0.39, 0.29) is 18.3 Å². The van der Waals surface area contributed by atoms with Gasteiger partial charge < -0.3 is 20.7 Å². The number of nitrogens with two attached hydrogens (primary N) is 1. The van der Waals surface area contributed by atoms with Gasteiger partial charge in [0.15, 0.2) is 6.17 Å². The molecule has 20 heavy (non-hydrogen) atoms. The van der Waals surface area contributed by atoms with Crippen LogP contribution in [-0.4, -0.2) is 76.6 Å². The van der Waals surface area contributed by atoms with Crippen LogP contribution in [0.25, 0.3) is 0 Å². The number of rotatable bonds is 2. The van der Waals surface area contributed by atoms with Crippen molar-refractivity contribution in [1.82, 2.24) is 10.3 Å². The van der Waals surface area contributed by atoms with Crippen molar-refractivity contribution in [3.05, 3.63) is 0 Å². The Hall–Kier alpha value is -1.78. The standard InChI is InChI=1S/C10H14FN5O4/c11-5-6(18)4(2-17)20-7(5)3-1-13-8-9(19)14-10(12)15-16(3)8/h3-7,17-18H,1-2H2,(H3,12,14,15,19)/t3?,4-,5-,6-,7+/m1/s1. The lowest BCUT2D eigenvalue weighted by molar-refractivity contribution is -0.114. The molecule has 0 saturated carbocycles. The highest BCUT2D eigenvalue weighted by molar-refractivity contribution is 6.41. The molecule has 3 aliphatic heterocycles. The Morgan fingerprint density at radius 1 is 1.60 bits per heavy atom. The Bertz CT molecular complexity index is 498. The van der Waals surface area contributed by atoms with Crippen LogP contribution in [0.5, 0.6) is 0 Å². The smallest absolute Gasteiger partial charge is 0.295 e. The average Bonchev–Trinajstić information content (AvgIpc) is 2.93. The Morgan fingerprint density at radius 3 is 3.00 bits per heavy atom. The number of guanidine groups is 1. The van der Waals surface area contributed by atoms with Crippen molar-refractivity contribution >= 4 is 17.7 Å². The number of aliphatic hydroxyl groups excluding tert-OH is 2. The lowest BCUT2D eigenvalue weighted by Crippen LogP contribution is -2.55. The molecule has 0 spiro atoms. The van der Waals surface area contributed by atoms with Crippen LogP contribution in [0.15, 0.2) is 10.1 Å². The van der Waals surface area contributed by atoms with E-state index in [0.717, 1.165) is 0 Å². The second-order valence-electron chi connectivity index (χ2n) is 4.77. The van der Waals surface area contributed by atoms with Gasteiger partial charge in [0.05, 0.1) is 13.2 Å². The van der Waals surface area contributed by atoms with E-state index in [0.29, 0.717) is 0 Å². The molecule has 0 aliphatic carbocycles. The van der Waals surface area contributed by atoms with Crippen LogP contribution in [-0.2, 0) is 9.53 Å². The first-order chi connectivity index (χ1) is 9.52. The number of hydrazone groups is 1. The summed E-state index contributed by atoms with van der Waals surface area (Å²) >= 11 is 0. The molecule has 0 bridgehead atoms. The van der Waals surface area contributed by atoms with Crippen molar-refractivity contribution in [2.75, 3.05) is 13.2 Å². The Balaban J connectivity index is 1.83. The number of aliphatic imine (C=N–C) groups is 1. The normalized spacial score (nSPS) is 40.2. The summed E-state index contributed by atoms with van der Waals surface area (Å²) < 4.78 is 19.4. The molecular weight excluding hydrogens is 273 g/mol. The van der Waals surface area contributed by atoms with Crippen molar-refractivity contribution in [1.29, 1.82) is 0 Å². The van der Waals surface area contributed by atoms with Gasteiger partial charge in [-0.25, -0.2) is 9.40 Å². The highest BCUT2D eigenvalue weighted by atomic mass is 19.1. The van der Waals surface area contributed by atoms with E-state index in [9.17, 15) is 14.3 Å². The van der Waals surface area contributed by atoms with Crippen LogP contribution >= 0.6 is 0 Å². The maximum atomic E-state index is 14.1. The number of halogens is 1. The zero-order valence-corrected chi connectivity index (χ0v) is 10.3. The van der Waals surface area contributed by atoms with Crippen molar-refractivity contribution in [2.45, 2.75) is 30.5 Å². The molecule has 5 atom stereocenters. The van der Waals surface area contributed by atoms with Gasteiger partial charge >= 0.3 is 0 Å². The van der Waals surface area contributed by atoms with Crippen LogP contribution in [0.3, 0.4) is 0 Å². The quantitative estimate of drug-likeness (QED) is 0.425. The molecule has 0 radical (unpaired) electrons. The number of amidine groups is 1. The van der Waals surface area contributed by atoms with E-state index < -0.39 is 43.0 Å². The van der Waals surface area contributed by atoms with E-state index in [1.165, 1.54) is 5.01 Å². The van der Waals surface area contributed by atoms with E-state index in [4.69, 9.17) is 15.6 Å². The maximum absolute atomic E-state index is 14.1. The predicted molar refractivity (Wildman–Crippen MR) is 64.3 cm³/mol. The molecule has 0 aromatic rings. The zero-order chi connectivity index (χ0) is 14.4. The van der Waals surface area contributed by atoms with Gasteiger partial charge in [0.2, 0.25) is 11.8 Å². The van der Waals surface area contributed by atoms with E-state index in [2.05, 4.69) is 15.4 Å². The Labute approximate surface area is 112 Å². The van der Waals surface area contributed by atoms with Gasteiger partial charge in [-0.3, -0.25) is 15.1 Å². The number of carbonyl (C=O) groups is 1. The fourth-order valence-electron chi connectivity index (χ4n) is 2.55. The summed E-state index contributed by atoms with van der Waals surface area (Å²) in [4.78, 5) is 15.6. The molecule has 110 valence electrons. The minimum atomic E-state index is -1.70. The summed E-state index contributed by atoms with van der Waals surface area (Å²) in [5.74, 6) is -0.608. The fourth-order valence-corrected chi connectivity index (χ4v) is 2.55. The Kier molecular flexibility index (Phi) is 3.07. The SMILES string of the molecule is NC1=NN2C(=NCC2[C@@H]2O[C@H](CO)[C@@H](O)[C@H]2F)C(=O)N1. The zero-order valence-electron chi connectivity index (χ0n) is 10.3. The lowest BCUT2D eigenvalue weighted by Gasteiger charge is -2.29. The fraction of sp³-hybridized carbons (Fsp3) is 0.700. The number of nitrogens with one attached hydrogen (secondary N) is 1. The van der Waals surface area contributed by atoms with Crippen LogP contribution in [0.4, 0.5) is 4.39 Å². The van der Waals surface area contributed by atoms with Gasteiger partial charge in [0.25, 0.3) is 5.91 Å². The third kappa shape index (κ3) is 1.84. The molecule has 10 heteroatoms. The van der Waals surface area contributed by atoms with E-state index in [1.54, 1.807) is 0 Å². The molecule has 5 N–H and O–H groups in total. The van der Waals surface area contributed by atoms with Crippen molar-refractivity contribution in [3.8, 4) is 0 Å². The number of hydrogen-bond acceptors (Lipinski definition) is 8. The molecular formula is C10H14FN5O4. The van der Waals surface area contributed by atoms with Crippen molar-refractivity contribution < 1.29 is 24.1 Å². The van der Waals surface area contributed by atoms with Gasteiger partial charge in [0.1, 0.15) is 24.4 Å². The number of fused-ring (bicyclic) bond motifs is 1. The van der Waals surface area contributed by atoms with Gasteiger partial charge in [0, 0.05) is 0 Å². The second kappa shape index (κ2) is 4.65. The highest BCUT2D eigenvalue weighted by Crippen LogP contribution is 2.31. The van der Waals surface area contributed by atoms with Crippen LogP contribution in [0.1, 0.15) is 0 Å². The first kappa shape index (κ1) is 13.2. The maximum Gasteiger partial charge on any atom is 0.295 e. The summed E-state index contributed by atoms with van der Waals surface area (Å²) in [5.41, 5.74) is 5.45. The number of ether oxygens (including phenoxy) is 1. The van der Waals surface area contributed by atoms with Crippen LogP contribution in [0, 0.1) is 0 Å². The molecule has 1 amide bonds. The van der Waals surface area contributed by atoms with Crippen molar-refractivity contribution in [2.24, 2.45) is 15.8 Å². The molecule has 0 aromatic carbocycles. The van der Waals surface area contributed by atoms with E-state index in [1.807, 2.05) is 0 Å². The first-order valence-corrected chi connectivity index (χ1v) is 6.10. The van der Waals surface area contributed by atoms with Crippen LogP contribution in [0.2, 0.25) is 0 Å². The highest BCUT2D eigenvalue weighted by Gasteiger charge is 2.52. The summed E-state index contributed by atoms with van der Waals surface area (Å²) in [7, 11) is 0. The summed E-state index contributed by atoms with van der Waals surface area (Å²) in [6.45, 7) is -0.403. The molecule has 0 aromatic heterocycles. The second-order valence-corrected chi connectivity index (χ2v) is 4.77. The van der Waals surface area contributed by atoms with Crippen molar-refractivity contribution in [3.63, 3.8) is 0 Å². The number of amides is 1. The number of carbonyl (C=O) groups excluding carboxylic acids is 1. The van der Waals surface area contributed by atoms with Crippen LogP contribution < -0.4 is 11.1 Å². The Morgan fingerprint density at radius 2 is 2.35 bits per heavy atom. The topological polar surface area (TPSA) is 133 Å². The average molecular weight is 287 g/mol.